The zero-order valence-corrected chi connectivity index (χ0v) is 17.8. The third-order valence-electron chi connectivity index (χ3n) is 7.66. The Hall–Kier alpha value is -0.890. The van der Waals surface area contributed by atoms with Crippen LogP contribution in [0.3, 0.4) is 0 Å². The Kier molecular flexibility index (Phi) is 7.40. The first-order valence-corrected chi connectivity index (χ1v) is 11.5. The van der Waals surface area contributed by atoms with Gasteiger partial charge in [-0.2, -0.15) is 0 Å². The van der Waals surface area contributed by atoms with E-state index in [0.29, 0.717) is 32.1 Å². The van der Waals surface area contributed by atoms with Crippen LogP contribution in [0.1, 0.15) is 44.9 Å². The topological polar surface area (TPSA) is 190 Å². The van der Waals surface area contributed by atoms with Gasteiger partial charge in [0.05, 0.1) is 30.3 Å². The molecule has 0 aromatic carbocycles. The van der Waals surface area contributed by atoms with Gasteiger partial charge in [-0.15, -0.1) is 0 Å². The van der Waals surface area contributed by atoms with Crippen LogP contribution in [0.2, 0.25) is 0 Å². The molecule has 8 N–H and O–H groups in total. The lowest BCUT2D eigenvalue weighted by Crippen LogP contribution is -2.61. The first kappa shape index (κ1) is 24.2. The van der Waals surface area contributed by atoms with Crippen LogP contribution in [-0.2, 0) is 14.3 Å². The molecule has 2 aliphatic heterocycles. The predicted octanol–water partition coefficient (Wildman–Crippen LogP) is -2.38. The van der Waals surface area contributed by atoms with Gasteiger partial charge >= 0.3 is 5.97 Å². The van der Waals surface area contributed by atoms with E-state index in [1.807, 2.05) is 0 Å². The Morgan fingerprint density at radius 2 is 1.56 bits per heavy atom. The maximum atomic E-state index is 11.3. The highest BCUT2D eigenvalue weighted by atomic mass is 16.7. The highest BCUT2D eigenvalue weighted by molar-refractivity contribution is 5.73. The SMILES string of the molecule is O=C(O)[C@H]1O[C@H](OC2CCC(C3CCC4C(O)CC(O)CC4[OH+]3)CC2O)[C@H](O)[C@@H](O)[C@@H]1O. The van der Waals surface area contributed by atoms with Crippen LogP contribution >= 0.6 is 0 Å². The van der Waals surface area contributed by atoms with Crippen LogP contribution in [0.25, 0.3) is 0 Å². The van der Waals surface area contributed by atoms with E-state index >= 15 is 0 Å². The standard InChI is InChI=1S/C21H34O11/c22-9-6-11(23)10-2-4-13(30-15(10)7-9)8-1-3-14(12(24)5-8)31-21-18(27)16(25)17(26)19(32-21)20(28)29/h8-19,21-27H,1-7H2,(H,28,29)/p+1/t8?,9?,10?,11?,12?,13?,14?,15?,16-,17-,18+,19-,21-/m0/s1. The van der Waals surface area contributed by atoms with E-state index in [-0.39, 0.29) is 24.0 Å². The van der Waals surface area contributed by atoms with Crippen LogP contribution in [0.5, 0.6) is 0 Å². The van der Waals surface area contributed by atoms with E-state index < -0.39 is 61.1 Å². The molecule has 184 valence electrons. The number of hydrogen-bond donors (Lipinski definition) is 7. The molecule has 0 aromatic rings. The lowest BCUT2D eigenvalue weighted by Gasteiger charge is -2.45. The van der Waals surface area contributed by atoms with Crippen LogP contribution in [0.4, 0.5) is 0 Å². The molecule has 2 saturated carbocycles. The molecule has 32 heavy (non-hydrogen) atoms. The third-order valence-corrected chi connectivity index (χ3v) is 7.66. The van der Waals surface area contributed by atoms with Gasteiger partial charge in [-0.1, -0.05) is 0 Å². The average Bonchev–Trinajstić information content (AvgIpc) is 2.74. The zero-order valence-electron chi connectivity index (χ0n) is 17.8. The number of rotatable bonds is 4. The highest BCUT2D eigenvalue weighted by Crippen LogP contribution is 2.40. The molecule has 4 fully saturated rings. The summed E-state index contributed by atoms with van der Waals surface area (Å²) < 4.78 is 15.7. The minimum absolute atomic E-state index is 0.0224. The van der Waals surface area contributed by atoms with Crippen molar-refractivity contribution in [2.45, 2.75) is 112 Å². The van der Waals surface area contributed by atoms with Crippen molar-refractivity contribution in [3.05, 3.63) is 0 Å². The zero-order chi connectivity index (χ0) is 23.2. The summed E-state index contributed by atoms with van der Waals surface area (Å²) in [6, 6.07) is 0. The number of aliphatic hydroxyl groups excluding tert-OH is 6. The quantitative estimate of drug-likeness (QED) is 0.222. The van der Waals surface area contributed by atoms with Gasteiger partial charge in [0.15, 0.2) is 24.6 Å². The first-order chi connectivity index (χ1) is 15.2. The fourth-order valence-electron chi connectivity index (χ4n) is 5.85. The number of fused-ring (bicyclic) bond motifs is 1. The summed E-state index contributed by atoms with van der Waals surface area (Å²) in [6.45, 7) is 0. The molecule has 2 heterocycles. The molecule has 4 rings (SSSR count). The fourth-order valence-corrected chi connectivity index (χ4v) is 5.85. The number of hydrogen-bond acceptors (Lipinski definition) is 9. The summed E-state index contributed by atoms with van der Waals surface area (Å²) in [5, 5.41) is 69.9. The van der Waals surface area contributed by atoms with Crippen LogP contribution in [-0.4, -0.2) is 114 Å². The van der Waals surface area contributed by atoms with Crippen LogP contribution in [0.15, 0.2) is 0 Å². The highest BCUT2D eigenvalue weighted by Gasteiger charge is 2.50. The molecule has 0 aromatic heterocycles. The van der Waals surface area contributed by atoms with Gasteiger partial charge in [0.1, 0.15) is 18.3 Å². The van der Waals surface area contributed by atoms with Crippen LogP contribution in [0, 0.1) is 11.8 Å². The number of aliphatic carboxylic acids is 1. The van der Waals surface area contributed by atoms with E-state index in [4.69, 9.17) is 19.3 Å². The Balaban J connectivity index is 1.32. The molecular weight excluding hydrogens is 428 g/mol. The number of carboxylic acids is 1. The monoisotopic (exact) mass is 463 g/mol. The Labute approximate surface area is 185 Å². The molecule has 13 atom stereocenters. The molecule has 0 radical (unpaired) electrons. The van der Waals surface area contributed by atoms with Crippen molar-refractivity contribution in [3.63, 3.8) is 0 Å². The molecule has 2 saturated heterocycles. The average molecular weight is 464 g/mol. The van der Waals surface area contributed by atoms with Crippen molar-refractivity contribution in [2.24, 2.45) is 11.8 Å². The summed E-state index contributed by atoms with van der Waals surface area (Å²) in [6.07, 6.45) is -7.09. The van der Waals surface area contributed by atoms with Crippen molar-refractivity contribution in [3.8, 4) is 0 Å². The maximum Gasteiger partial charge on any atom is 0.335 e. The van der Waals surface area contributed by atoms with Gasteiger partial charge in [0.25, 0.3) is 0 Å². The lowest BCUT2D eigenvalue weighted by molar-refractivity contribution is -0.315. The minimum atomic E-state index is -1.79. The van der Waals surface area contributed by atoms with E-state index in [0.717, 1.165) is 12.8 Å². The van der Waals surface area contributed by atoms with Gasteiger partial charge < -0.3 is 50.0 Å². The first-order valence-electron chi connectivity index (χ1n) is 11.5. The number of carboxylic acid groups (broad SMARTS) is 1. The minimum Gasteiger partial charge on any atom is -0.479 e. The summed E-state index contributed by atoms with van der Waals surface area (Å²) in [7, 11) is 0. The second-order valence-corrected chi connectivity index (χ2v) is 9.77. The normalized spacial score (nSPS) is 52.2. The molecule has 11 heteroatoms. The Bertz CT molecular complexity index is 662. The smallest absolute Gasteiger partial charge is 0.335 e. The Morgan fingerprint density at radius 3 is 2.25 bits per heavy atom. The molecule has 11 nitrogen and oxygen atoms in total. The molecule has 8 unspecified atom stereocenters. The molecule has 0 spiro atoms. The van der Waals surface area contributed by atoms with Crippen molar-refractivity contribution < 1.29 is 54.8 Å². The van der Waals surface area contributed by atoms with E-state index in [9.17, 15) is 35.4 Å². The predicted molar refractivity (Wildman–Crippen MR) is 106 cm³/mol. The Morgan fingerprint density at radius 1 is 0.812 bits per heavy atom. The van der Waals surface area contributed by atoms with Gasteiger partial charge in [0.2, 0.25) is 0 Å². The van der Waals surface area contributed by atoms with Gasteiger partial charge in [-0.3, -0.25) is 0 Å². The second kappa shape index (κ2) is 9.77. The van der Waals surface area contributed by atoms with Crippen molar-refractivity contribution in [1.29, 1.82) is 0 Å². The molecule has 0 amide bonds. The summed E-state index contributed by atoms with van der Waals surface area (Å²) in [4.78, 5) is 11.3. The van der Waals surface area contributed by atoms with E-state index in [1.54, 1.807) is 0 Å². The summed E-state index contributed by atoms with van der Waals surface area (Å²) in [5.74, 6) is -1.30. The fraction of sp³-hybridized carbons (Fsp3) is 0.952. The van der Waals surface area contributed by atoms with Crippen molar-refractivity contribution in [1.82, 2.24) is 0 Å². The number of aliphatic hydroxyl groups is 8. The van der Waals surface area contributed by atoms with E-state index in [1.165, 1.54) is 0 Å². The van der Waals surface area contributed by atoms with Gasteiger partial charge in [0, 0.05) is 25.2 Å². The second-order valence-electron chi connectivity index (χ2n) is 9.77. The van der Waals surface area contributed by atoms with E-state index in [2.05, 4.69) is 0 Å². The largest absolute Gasteiger partial charge is 0.479 e. The maximum absolute atomic E-state index is 11.3. The third kappa shape index (κ3) is 4.82. The van der Waals surface area contributed by atoms with Gasteiger partial charge in [-0.05, 0) is 25.7 Å². The summed E-state index contributed by atoms with van der Waals surface area (Å²) >= 11 is 0. The number of carbonyl (C=O) groups is 1. The molecule has 4 aliphatic rings. The van der Waals surface area contributed by atoms with Gasteiger partial charge in [-0.25, -0.2) is 4.79 Å². The van der Waals surface area contributed by atoms with Crippen LogP contribution < -0.4 is 0 Å². The van der Waals surface area contributed by atoms with Crippen molar-refractivity contribution >= 4 is 5.97 Å². The number of ether oxygens (including phenoxy) is 3. The molecular formula is C21H35O11+. The van der Waals surface area contributed by atoms with Crippen molar-refractivity contribution in [2.75, 3.05) is 0 Å². The molecule has 2 aliphatic carbocycles. The molecule has 0 bridgehead atoms. The summed E-state index contributed by atoms with van der Waals surface area (Å²) in [5.41, 5.74) is 0. The lowest BCUT2D eigenvalue weighted by atomic mass is 9.73.